The molecule has 1 spiro atoms. The second kappa shape index (κ2) is 14.7. The zero-order chi connectivity index (χ0) is 32.0. The van der Waals surface area contributed by atoms with Crippen LogP contribution in [-0.2, 0) is 19.1 Å². The number of carbonyl (C=O) groups is 3. The van der Waals surface area contributed by atoms with Crippen molar-refractivity contribution in [1.29, 1.82) is 0 Å². The lowest BCUT2D eigenvalue weighted by atomic mass is 9.70. The molecular weight excluding hydrogens is 558 g/mol. The van der Waals surface area contributed by atoms with E-state index in [0.717, 1.165) is 19.3 Å². The lowest BCUT2D eigenvalue weighted by molar-refractivity contribution is -0.151. The van der Waals surface area contributed by atoms with E-state index in [-0.39, 0.29) is 36.8 Å². The molecule has 242 valence electrons. The Kier molecular flexibility index (Phi) is 11.3. The number of aliphatic hydroxyl groups is 1. The molecule has 0 radical (unpaired) electrons. The molecule has 3 aliphatic rings. The predicted octanol–water partition coefficient (Wildman–Crippen LogP) is 4.59. The van der Waals surface area contributed by atoms with E-state index in [1.54, 1.807) is 26.9 Å². The quantitative estimate of drug-likeness (QED) is 0.205. The third-order valence-electron chi connectivity index (χ3n) is 9.33. The molecule has 3 amide bonds. The van der Waals surface area contributed by atoms with Crippen LogP contribution in [0.4, 0.5) is 5.69 Å². The van der Waals surface area contributed by atoms with Crippen LogP contribution in [0.5, 0.6) is 5.75 Å². The van der Waals surface area contributed by atoms with Crippen LogP contribution in [0.2, 0.25) is 0 Å². The number of benzene rings is 1. The van der Waals surface area contributed by atoms with Crippen molar-refractivity contribution in [3.05, 3.63) is 49.6 Å². The number of likely N-dealkylation sites (tertiary alicyclic amines) is 1. The molecule has 3 fully saturated rings. The van der Waals surface area contributed by atoms with Crippen molar-refractivity contribution < 1.29 is 29.0 Å². The van der Waals surface area contributed by atoms with Gasteiger partial charge in [0.2, 0.25) is 17.7 Å². The second-order valence-electron chi connectivity index (χ2n) is 12.7. The van der Waals surface area contributed by atoms with Crippen LogP contribution in [-0.4, -0.2) is 89.3 Å². The minimum Gasteiger partial charge on any atom is -0.494 e. The van der Waals surface area contributed by atoms with E-state index in [1.807, 2.05) is 45.0 Å². The van der Waals surface area contributed by atoms with Gasteiger partial charge >= 0.3 is 0 Å². The van der Waals surface area contributed by atoms with Gasteiger partial charge < -0.3 is 29.3 Å². The van der Waals surface area contributed by atoms with Crippen LogP contribution in [0.15, 0.2) is 49.6 Å². The zero-order valence-electron chi connectivity index (χ0n) is 27.0. The maximum atomic E-state index is 14.6. The predicted molar refractivity (Wildman–Crippen MR) is 171 cm³/mol. The van der Waals surface area contributed by atoms with Gasteiger partial charge in [-0.2, -0.15) is 0 Å². The number of anilines is 1. The zero-order valence-corrected chi connectivity index (χ0v) is 27.0. The van der Waals surface area contributed by atoms with E-state index >= 15 is 0 Å². The first-order valence-electron chi connectivity index (χ1n) is 16.3. The summed E-state index contributed by atoms with van der Waals surface area (Å²) in [4.78, 5) is 48.6. The van der Waals surface area contributed by atoms with Crippen molar-refractivity contribution >= 4 is 23.4 Å². The van der Waals surface area contributed by atoms with Gasteiger partial charge in [-0.3, -0.25) is 14.4 Å². The molecule has 1 aromatic carbocycles. The third-order valence-corrected chi connectivity index (χ3v) is 9.33. The monoisotopic (exact) mass is 609 g/mol. The third kappa shape index (κ3) is 6.31. The number of aliphatic hydroxyl groups excluding tert-OH is 1. The largest absolute Gasteiger partial charge is 0.494 e. The van der Waals surface area contributed by atoms with E-state index in [2.05, 4.69) is 20.1 Å². The molecular formula is C35H51N3O6. The van der Waals surface area contributed by atoms with Gasteiger partial charge in [-0.25, -0.2) is 0 Å². The normalized spacial score (nSPS) is 26.0. The molecule has 6 atom stereocenters. The first kappa shape index (κ1) is 33.7. The summed E-state index contributed by atoms with van der Waals surface area (Å²) >= 11 is 0. The molecule has 0 aliphatic carbocycles. The summed E-state index contributed by atoms with van der Waals surface area (Å²) < 4.78 is 12.3. The molecule has 3 heterocycles. The fourth-order valence-corrected chi connectivity index (χ4v) is 7.56. The van der Waals surface area contributed by atoms with Crippen molar-refractivity contribution in [1.82, 2.24) is 9.80 Å². The standard InChI is InChI=1S/C35H51N3O6/c1-7-11-12-21-36(19-8-2)34(42)31-35-18-17-28(44-35)29(30(35)33(41)38(31)26(23-39)22-24(5)6)32(40)37(20-9-3)25-13-15-27(16-14-25)43-10-4/h8-9,13-16,24,26,28-31,39H,2-3,7,10-12,17-23H2,1,4-6H3/t26-,28+,29-,30+,31?,35?/m1/s1. The van der Waals surface area contributed by atoms with Crippen LogP contribution in [0.25, 0.3) is 0 Å². The van der Waals surface area contributed by atoms with E-state index in [0.29, 0.717) is 50.4 Å². The lowest BCUT2D eigenvalue weighted by Crippen LogP contribution is -2.59. The van der Waals surface area contributed by atoms with E-state index in [9.17, 15) is 19.5 Å². The summed E-state index contributed by atoms with van der Waals surface area (Å²) in [5.74, 6) is -1.38. The summed E-state index contributed by atoms with van der Waals surface area (Å²) in [5.41, 5.74) is -0.460. The summed E-state index contributed by atoms with van der Waals surface area (Å²) in [7, 11) is 0. The van der Waals surface area contributed by atoms with Gasteiger partial charge in [-0.1, -0.05) is 45.8 Å². The summed E-state index contributed by atoms with van der Waals surface area (Å²) in [6, 6.07) is 5.83. The van der Waals surface area contributed by atoms with Gasteiger partial charge in [-0.15, -0.1) is 13.2 Å². The molecule has 0 saturated carbocycles. The maximum absolute atomic E-state index is 14.6. The Bertz CT molecular complexity index is 1190. The average Bonchev–Trinajstić information content (AvgIpc) is 3.65. The van der Waals surface area contributed by atoms with Crippen LogP contribution < -0.4 is 9.64 Å². The Morgan fingerprint density at radius 1 is 1.14 bits per heavy atom. The highest BCUT2D eigenvalue weighted by Crippen LogP contribution is 2.59. The van der Waals surface area contributed by atoms with Crippen molar-refractivity contribution in [2.24, 2.45) is 17.8 Å². The number of ether oxygens (including phenoxy) is 2. The molecule has 44 heavy (non-hydrogen) atoms. The van der Waals surface area contributed by atoms with Crippen LogP contribution in [0.1, 0.15) is 66.2 Å². The highest BCUT2D eigenvalue weighted by Gasteiger charge is 2.75. The number of rotatable bonds is 17. The Hall–Kier alpha value is -3.17. The second-order valence-corrected chi connectivity index (χ2v) is 12.7. The van der Waals surface area contributed by atoms with Gasteiger partial charge in [0.25, 0.3) is 0 Å². The molecule has 2 bridgehead atoms. The SMILES string of the molecule is C=CCN(CCCCC)C(=O)C1N([C@@H](CO)CC(C)C)C(=O)[C@@H]2[C@H](C(=O)N(CC=C)c3ccc(OCC)cc3)[C@@H]3CCC12O3. The van der Waals surface area contributed by atoms with E-state index in [4.69, 9.17) is 9.47 Å². The van der Waals surface area contributed by atoms with Crippen LogP contribution >= 0.6 is 0 Å². The number of fused-ring (bicyclic) bond motifs is 1. The first-order chi connectivity index (χ1) is 21.2. The molecule has 9 heteroatoms. The van der Waals surface area contributed by atoms with Crippen LogP contribution in [0.3, 0.4) is 0 Å². The molecule has 2 unspecified atom stereocenters. The number of unbranched alkanes of at least 4 members (excludes halogenated alkanes) is 2. The van der Waals surface area contributed by atoms with Crippen molar-refractivity contribution in [3.8, 4) is 5.75 Å². The lowest BCUT2D eigenvalue weighted by Gasteiger charge is -2.39. The Labute approximate surface area is 262 Å². The number of amides is 3. The molecule has 9 nitrogen and oxygen atoms in total. The summed E-state index contributed by atoms with van der Waals surface area (Å²) in [6.45, 7) is 17.3. The Morgan fingerprint density at radius 3 is 2.43 bits per heavy atom. The highest BCUT2D eigenvalue weighted by molar-refractivity contribution is 6.03. The minimum absolute atomic E-state index is 0.180. The number of hydrogen-bond acceptors (Lipinski definition) is 6. The van der Waals surface area contributed by atoms with Gasteiger partial charge in [-0.05, 0) is 62.8 Å². The van der Waals surface area contributed by atoms with Gasteiger partial charge in [0.15, 0.2) is 0 Å². The molecule has 1 N–H and O–H groups in total. The van der Waals surface area contributed by atoms with Crippen LogP contribution in [0, 0.1) is 17.8 Å². The smallest absolute Gasteiger partial charge is 0.248 e. The fraction of sp³-hybridized carbons (Fsp3) is 0.629. The number of carbonyl (C=O) groups excluding carboxylic acids is 3. The number of hydrogen-bond donors (Lipinski definition) is 1. The topological polar surface area (TPSA) is 99.6 Å². The van der Waals surface area contributed by atoms with Gasteiger partial charge in [0.1, 0.15) is 17.4 Å². The molecule has 4 rings (SSSR count). The molecule has 3 saturated heterocycles. The van der Waals surface area contributed by atoms with Crippen molar-refractivity contribution in [2.75, 3.05) is 37.7 Å². The number of nitrogens with zero attached hydrogens (tertiary/aromatic N) is 3. The van der Waals surface area contributed by atoms with E-state index in [1.165, 1.54) is 0 Å². The average molecular weight is 610 g/mol. The summed E-state index contributed by atoms with van der Waals surface area (Å²) in [6.07, 6.45) is 7.35. The molecule has 1 aromatic rings. The first-order valence-corrected chi connectivity index (χ1v) is 16.3. The fourth-order valence-electron chi connectivity index (χ4n) is 7.56. The highest BCUT2D eigenvalue weighted by atomic mass is 16.5. The Morgan fingerprint density at radius 2 is 1.84 bits per heavy atom. The summed E-state index contributed by atoms with van der Waals surface area (Å²) in [5, 5.41) is 10.6. The van der Waals surface area contributed by atoms with E-state index < -0.39 is 35.6 Å². The maximum Gasteiger partial charge on any atom is 0.248 e. The van der Waals surface area contributed by atoms with Crippen molar-refractivity contribution in [2.45, 2.75) is 90.0 Å². The molecule has 0 aromatic heterocycles. The van der Waals surface area contributed by atoms with Gasteiger partial charge in [0, 0.05) is 25.3 Å². The Balaban J connectivity index is 1.75. The van der Waals surface area contributed by atoms with Gasteiger partial charge in [0.05, 0.1) is 37.2 Å². The molecule has 3 aliphatic heterocycles. The minimum atomic E-state index is -1.13. The van der Waals surface area contributed by atoms with Crippen molar-refractivity contribution in [3.63, 3.8) is 0 Å².